The van der Waals surface area contributed by atoms with Crippen molar-refractivity contribution in [2.45, 2.75) is 0 Å². The molecule has 0 aliphatic rings. The van der Waals surface area contributed by atoms with E-state index < -0.39 is 0 Å². The molecule has 0 atom stereocenters. The molecule has 0 saturated heterocycles. The molecule has 13 heavy (non-hydrogen) atoms. The fourth-order valence-corrected chi connectivity index (χ4v) is 2.31. The van der Waals surface area contributed by atoms with Gasteiger partial charge in [0, 0.05) is 19.8 Å². The lowest BCUT2D eigenvalue weighted by atomic mass is 10.3. The second kappa shape index (κ2) is 3.12. The van der Waals surface area contributed by atoms with Crippen LogP contribution < -0.4 is 4.90 Å². The average Bonchev–Trinajstić information content (AvgIpc) is 2.42. The highest BCUT2D eigenvalue weighted by Gasteiger charge is 1.99. The highest BCUT2D eigenvalue weighted by molar-refractivity contribution is 7.73. The van der Waals surface area contributed by atoms with Crippen LogP contribution in [0.5, 0.6) is 0 Å². The van der Waals surface area contributed by atoms with Crippen molar-refractivity contribution in [3.05, 3.63) is 22.2 Å². The van der Waals surface area contributed by atoms with Crippen molar-refractivity contribution in [1.82, 2.24) is 4.98 Å². The van der Waals surface area contributed by atoms with Crippen LogP contribution in [-0.2, 0) is 0 Å². The van der Waals surface area contributed by atoms with Gasteiger partial charge in [-0.15, -0.1) is 11.3 Å². The van der Waals surface area contributed by atoms with Crippen LogP contribution >= 0.6 is 23.6 Å². The number of thiazole rings is 1. The summed E-state index contributed by atoms with van der Waals surface area (Å²) in [7, 11) is 4.06. The summed E-state index contributed by atoms with van der Waals surface area (Å²) in [6, 6.07) is 6.31. The van der Waals surface area contributed by atoms with E-state index in [9.17, 15) is 0 Å². The summed E-state index contributed by atoms with van der Waals surface area (Å²) in [5.74, 6) is 0. The minimum absolute atomic E-state index is 0.839. The lowest BCUT2D eigenvalue weighted by molar-refractivity contribution is 1.13. The lowest BCUT2D eigenvalue weighted by Gasteiger charge is -2.11. The van der Waals surface area contributed by atoms with Crippen molar-refractivity contribution < 1.29 is 0 Å². The van der Waals surface area contributed by atoms with E-state index in [1.54, 1.807) is 11.3 Å². The van der Waals surface area contributed by atoms with Gasteiger partial charge in [0.1, 0.15) is 0 Å². The van der Waals surface area contributed by atoms with Gasteiger partial charge >= 0.3 is 0 Å². The molecular formula is C9H10N2S2. The van der Waals surface area contributed by atoms with Gasteiger partial charge in [0.2, 0.25) is 0 Å². The zero-order chi connectivity index (χ0) is 9.42. The fourth-order valence-electron chi connectivity index (χ4n) is 1.22. The van der Waals surface area contributed by atoms with E-state index >= 15 is 0 Å². The SMILES string of the molecule is CN(C)c1ccc2sc(=S)[nH]c2c1. The van der Waals surface area contributed by atoms with Crippen LogP contribution in [0.15, 0.2) is 18.2 Å². The maximum atomic E-state index is 5.07. The number of rotatable bonds is 1. The molecule has 0 unspecified atom stereocenters. The molecule has 1 aromatic carbocycles. The molecule has 4 heteroatoms. The number of aromatic amines is 1. The Morgan fingerprint density at radius 2 is 2.15 bits per heavy atom. The smallest absolute Gasteiger partial charge is 0.159 e. The largest absolute Gasteiger partial charge is 0.378 e. The number of anilines is 1. The van der Waals surface area contributed by atoms with Gasteiger partial charge in [-0.25, -0.2) is 0 Å². The number of fused-ring (bicyclic) bond motifs is 1. The Hall–Kier alpha value is -0.870. The van der Waals surface area contributed by atoms with E-state index in [1.807, 2.05) is 14.1 Å². The highest BCUT2D eigenvalue weighted by atomic mass is 32.1. The standard InChI is InChI=1S/C9H10N2S2/c1-11(2)6-3-4-8-7(5-6)10-9(12)13-8/h3-5H,1-2H3,(H,10,12). The van der Waals surface area contributed by atoms with Crippen LogP contribution in [0.2, 0.25) is 0 Å². The summed E-state index contributed by atoms with van der Waals surface area (Å²) in [5.41, 5.74) is 2.32. The van der Waals surface area contributed by atoms with Gasteiger partial charge in [0.25, 0.3) is 0 Å². The minimum atomic E-state index is 0.839. The third-order valence-corrected chi connectivity index (χ3v) is 3.13. The quantitative estimate of drug-likeness (QED) is 0.730. The van der Waals surface area contributed by atoms with Crippen molar-refractivity contribution >= 4 is 39.5 Å². The summed E-state index contributed by atoms with van der Waals surface area (Å²) in [5, 5.41) is 0. The van der Waals surface area contributed by atoms with Crippen LogP contribution in [0, 0.1) is 3.95 Å². The zero-order valence-corrected chi connectivity index (χ0v) is 9.13. The predicted molar refractivity (Wildman–Crippen MR) is 61.3 cm³/mol. The predicted octanol–water partition coefficient (Wildman–Crippen LogP) is 3.02. The summed E-state index contributed by atoms with van der Waals surface area (Å²) in [6.07, 6.45) is 0. The molecule has 1 N–H and O–H groups in total. The molecule has 2 aromatic rings. The van der Waals surface area contributed by atoms with Crippen molar-refractivity contribution in [3.8, 4) is 0 Å². The monoisotopic (exact) mass is 210 g/mol. The highest BCUT2D eigenvalue weighted by Crippen LogP contribution is 2.23. The van der Waals surface area contributed by atoms with Gasteiger partial charge in [-0.05, 0) is 30.4 Å². The molecule has 2 rings (SSSR count). The molecule has 0 aliphatic carbocycles. The Labute approximate surface area is 85.8 Å². The van der Waals surface area contributed by atoms with Crippen LogP contribution in [0.3, 0.4) is 0 Å². The number of benzene rings is 1. The minimum Gasteiger partial charge on any atom is -0.378 e. The number of nitrogens with one attached hydrogen (secondary N) is 1. The molecular weight excluding hydrogens is 200 g/mol. The second-order valence-electron chi connectivity index (χ2n) is 3.09. The first-order valence-corrected chi connectivity index (χ1v) is 5.19. The Morgan fingerprint density at radius 1 is 1.38 bits per heavy atom. The first kappa shape index (κ1) is 8.72. The molecule has 0 amide bonds. The average molecular weight is 210 g/mol. The Morgan fingerprint density at radius 3 is 2.85 bits per heavy atom. The van der Waals surface area contributed by atoms with Gasteiger partial charge in [0.05, 0.1) is 10.2 Å². The number of H-pyrrole nitrogens is 1. The van der Waals surface area contributed by atoms with Crippen LogP contribution in [0.25, 0.3) is 10.2 Å². The van der Waals surface area contributed by atoms with Crippen LogP contribution in [0.4, 0.5) is 5.69 Å². The number of hydrogen-bond donors (Lipinski definition) is 1. The van der Waals surface area contributed by atoms with Gasteiger partial charge < -0.3 is 9.88 Å². The third-order valence-electron chi connectivity index (χ3n) is 1.92. The topological polar surface area (TPSA) is 19.0 Å². The molecule has 0 bridgehead atoms. The van der Waals surface area contributed by atoms with Crippen LogP contribution in [0.1, 0.15) is 0 Å². The first-order chi connectivity index (χ1) is 6.16. The second-order valence-corrected chi connectivity index (χ2v) is 4.81. The first-order valence-electron chi connectivity index (χ1n) is 3.97. The molecule has 0 saturated carbocycles. The number of nitrogens with zero attached hydrogens (tertiary/aromatic N) is 1. The van der Waals surface area contributed by atoms with Gasteiger partial charge in [-0.1, -0.05) is 0 Å². The Bertz CT molecular complexity index is 482. The van der Waals surface area contributed by atoms with Gasteiger partial charge in [0.15, 0.2) is 3.95 Å². The van der Waals surface area contributed by atoms with Crippen molar-refractivity contribution in [2.24, 2.45) is 0 Å². The van der Waals surface area contributed by atoms with E-state index in [-0.39, 0.29) is 0 Å². The molecule has 68 valence electrons. The molecule has 0 spiro atoms. The third kappa shape index (κ3) is 1.59. The van der Waals surface area contributed by atoms with Crippen LogP contribution in [-0.4, -0.2) is 19.1 Å². The van der Waals surface area contributed by atoms with E-state index in [2.05, 4.69) is 28.1 Å². The normalized spacial score (nSPS) is 10.6. The fraction of sp³-hybridized carbons (Fsp3) is 0.222. The maximum absolute atomic E-state index is 5.07. The Balaban J connectivity index is 2.68. The van der Waals surface area contributed by atoms with Gasteiger partial charge in [-0.3, -0.25) is 0 Å². The zero-order valence-electron chi connectivity index (χ0n) is 7.50. The Kier molecular flexibility index (Phi) is 2.09. The molecule has 0 fully saturated rings. The summed E-state index contributed by atoms with van der Waals surface area (Å²) < 4.78 is 2.06. The molecule has 0 radical (unpaired) electrons. The molecule has 1 heterocycles. The summed E-state index contributed by atoms with van der Waals surface area (Å²) in [6.45, 7) is 0. The lowest BCUT2D eigenvalue weighted by Crippen LogP contribution is -2.07. The van der Waals surface area contributed by atoms with Crippen molar-refractivity contribution in [3.63, 3.8) is 0 Å². The maximum Gasteiger partial charge on any atom is 0.159 e. The molecule has 2 nitrogen and oxygen atoms in total. The van der Waals surface area contributed by atoms with Crippen molar-refractivity contribution in [2.75, 3.05) is 19.0 Å². The van der Waals surface area contributed by atoms with E-state index in [0.29, 0.717) is 0 Å². The summed E-state index contributed by atoms with van der Waals surface area (Å²) in [4.78, 5) is 5.24. The molecule has 0 aliphatic heterocycles. The van der Waals surface area contributed by atoms with Gasteiger partial charge in [-0.2, -0.15) is 0 Å². The van der Waals surface area contributed by atoms with E-state index in [4.69, 9.17) is 12.2 Å². The summed E-state index contributed by atoms with van der Waals surface area (Å²) >= 11 is 6.68. The number of hydrogen-bond acceptors (Lipinski definition) is 3. The van der Waals surface area contributed by atoms with E-state index in [1.165, 1.54) is 10.4 Å². The van der Waals surface area contributed by atoms with E-state index in [0.717, 1.165) is 9.47 Å². The number of aromatic nitrogens is 1. The molecule has 1 aromatic heterocycles. The van der Waals surface area contributed by atoms with Crippen molar-refractivity contribution in [1.29, 1.82) is 0 Å².